The SMILES string of the molecule is CCCCCOc1ccc(O)c(/C(=N/N=C(\c2ccccc2)c2cc(OCCCCC)ccc2O)c2ccccc2)c1. The van der Waals surface area contributed by atoms with Crippen molar-refractivity contribution in [3.05, 3.63) is 119 Å². The molecule has 0 radical (unpaired) electrons. The van der Waals surface area contributed by atoms with Gasteiger partial charge in [-0.1, -0.05) is 100 Å². The van der Waals surface area contributed by atoms with Gasteiger partial charge >= 0.3 is 0 Å². The van der Waals surface area contributed by atoms with Crippen LogP contribution in [0, 0.1) is 0 Å². The molecule has 2 N–H and O–H groups in total. The van der Waals surface area contributed by atoms with Crippen molar-refractivity contribution in [2.75, 3.05) is 13.2 Å². The minimum atomic E-state index is 0.0697. The molecular weight excluding hydrogens is 524 g/mol. The monoisotopic (exact) mass is 564 g/mol. The molecule has 0 bridgehead atoms. The predicted octanol–water partition coefficient (Wildman–Crippen LogP) is 8.53. The van der Waals surface area contributed by atoms with Gasteiger partial charge in [0.2, 0.25) is 0 Å². The summed E-state index contributed by atoms with van der Waals surface area (Å²) in [6, 6.07) is 29.6. The Morgan fingerprint density at radius 2 is 0.952 bits per heavy atom. The highest BCUT2D eigenvalue weighted by Crippen LogP contribution is 2.29. The minimum absolute atomic E-state index is 0.0697. The van der Waals surface area contributed by atoms with Gasteiger partial charge < -0.3 is 19.7 Å². The van der Waals surface area contributed by atoms with E-state index >= 15 is 0 Å². The van der Waals surface area contributed by atoms with Gasteiger partial charge in [0.25, 0.3) is 0 Å². The molecule has 0 spiro atoms. The lowest BCUT2D eigenvalue weighted by atomic mass is 10.0. The number of rotatable bonds is 15. The van der Waals surface area contributed by atoms with Crippen LogP contribution in [0.15, 0.2) is 107 Å². The molecule has 218 valence electrons. The number of hydrogen-bond acceptors (Lipinski definition) is 6. The number of phenolic OH excluding ortho intramolecular Hbond substituents is 2. The van der Waals surface area contributed by atoms with Crippen molar-refractivity contribution in [1.82, 2.24) is 0 Å². The minimum Gasteiger partial charge on any atom is -0.507 e. The van der Waals surface area contributed by atoms with E-state index in [2.05, 4.69) is 13.8 Å². The lowest BCUT2D eigenvalue weighted by Crippen LogP contribution is -2.08. The van der Waals surface area contributed by atoms with Crippen LogP contribution in [-0.2, 0) is 0 Å². The highest BCUT2D eigenvalue weighted by atomic mass is 16.5. The van der Waals surface area contributed by atoms with E-state index in [0.29, 0.717) is 47.3 Å². The third kappa shape index (κ3) is 8.46. The summed E-state index contributed by atoms with van der Waals surface area (Å²) in [6.45, 7) is 5.51. The fraction of sp³-hybridized carbons (Fsp3) is 0.278. The maximum atomic E-state index is 10.9. The first-order valence-corrected chi connectivity index (χ1v) is 14.8. The number of aromatic hydroxyl groups is 2. The molecule has 0 amide bonds. The van der Waals surface area contributed by atoms with E-state index in [1.807, 2.05) is 60.7 Å². The van der Waals surface area contributed by atoms with Crippen molar-refractivity contribution in [2.45, 2.75) is 52.4 Å². The number of hydrogen-bond donors (Lipinski definition) is 2. The summed E-state index contributed by atoms with van der Waals surface area (Å²) in [6.07, 6.45) is 6.33. The van der Waals surface area contributed by atoms with Crippen LogP contribution in [-0.4, -0.2) is 34.9 Å². The molecule has 6 nitrogen and oxygen atoms in total. The summed E-state index contributed by atoms with van der Waals surface area (Å²) < 4.78 is 12.0. The predicted molar refractivity (Wildman–Crippen MR) is 170 cm³/mol. The molecule has 0 saturated carbocycles. The second-order valence-electron chi connectivity index (χ2n) is 10.1. The molecule has 6 heteroatoms. The third-order valence-corrected chi connectivity index (χ3v) is 6.82. The Balaban J connectivity index is 1.80. The van der Waals surface area contributed by atoms with E-state index in [0.717, 1.165) is 49.7 Å². The molecule has 42 heavy (non-hydrogen) atoms. The number of phenols is 2. The van der Waals surface area contributed by atoms with Crippen molar-refractivity contribution >= 4 is 11.4 Å². The van der Waals surface area contributed by atoms with Crippen LogP contribution in [0.4, 0.5) is 0 Å². The lowest BCUT2D eigenvalue weighted by Gasteiger charge is -2.13. The Morgan fingerprint density at radius 1 is 0.548 bits per heavy atom. The molecule has 4 aromatic rings. The van der Waals surface area contributed by atoms with E-state index in [1.165, 1.54) is 0 Å². The zero-order chi connectivity index (χ0) is 29.6. The molecule has 0 atom stereocenters. The molecule has 0 saturated heterocycles. The quantitative estimate of drug-likeness (QED) is 0.0861. The van der Waals surface area contributed by atoms with E-state index in [9.17, 15) is 10.2 Å². The van der Waals surface area contributed by atoms with E-state index in [4.69, 9.17) is 19.7 Å². The molecule has 0 aliphatic heterocycles. The maximum absolute atomic E-state index is 10.9. The largest absolute Gasteiger partial charge is 0.507 e. The van der Waals surface area contributed by atoms with Crippen LogP contribution in [0.2, 0.25) is 0 Å². The smallest absolute Gasteiger partial charge is 0.125 e. The van der Waals surface area contributed by atoms with Crippen molar-refractivity contribution < 1.29 is 19.7 Å². The zero-order valence-electron chi connectivity index (χ0n) is 24.5. The van der Waals surface area contributed by atoms with Crippen LogP contribution in [0.3, 0.4) is 0 Å². The number of nitrogens with zero attached hydrogens (tertiary/aromatic N) is 2. The van der Waals surface area contributed by atoms with E-state index in [1.54, 1.807) is 36.4 Å². The molecular formula is C36H40N2O4. The third-order valence-electron chi connectivity index (χ3n) is 6.82. The molecule has 0 aliphatic carbocycles. The number of ether oxygens (including phenoxy) is 2. The molecule has 0 aromatic heterocycles. The topological polar surface area (TPSA) is 83.6 Å². The Bertz CT molecular complexity index is 1350. The van der Waals surface area contributed by atoms with Crippen LogP contribution in [0.5, 0.6) is 23.0 Å². The average Bonchev–Trinajstić information content (AvgIpc) is 3.03. The lowest BCUT2D eigenvalue weighted by molar-refractivity contribution is 0.305. The van der Waals surface area contributed by atoms with Gasteiger partial charge in [-0.25, -0.2) is 0 Å². The number of unbranched alkanes of at least 4 members (excludes halogenated alkanes) is 4. The van der Waals surface area contributed by atoms with Gasteiger partial charge in [0.15, 0.2) is 0 Å². The Morgan fingerprint density at radius 3 is 1.33 bits per heavy atom. The Labute approximate surface area is 249 Å². The highest BCUT2D eigenvalue weighted by molar-refractivity contribution is 6.17. The summed E-state index contributed by atoms with van der Waals surface area (Å²) >= 11 is 0. The van der Waals surface area contributed by atoms with Gasteiger partial charge in [0.05, 0.1) is 13.2 Å². The van der Waals surface area contributed by atoms with Crippen molar-refractivity contribution in [3.63, 3.8) is 0 Å². The first-order valence-electron chi connectivity index (χ1n) is 14.8. The molecule has 0 heterocycles. The van der Waals surface area contributed by atoms with E-state index in [-0.39, 0.29) is 11.5 Å². The van der Waals surface area contributed by atoms with Crippen LogP contribution >= 0.6 is 0 Å². The van der Waals surface area contributed by atoms with Gasteiger partial charge in [-0.2, -0.15) is 0 Å². The Kier molecular flexibility index (Phi) is 11.6. The second kappa shape index (κ2) is 16.0. The summed E-state index contributed by atoms with van der Waals surface area (Å²) in [5.41, 5.74) is 3.53. The molecule has 0 unspecified atom stereocenters. The number of benzene rings is 4. The van der Waals surface area contributed by atoms with E-state index < -0.39 is 0 Å². The van der Waals surface area contributed by atoms with Crippen LogP contribution < -0.4 is 9.47 Å². The van der Waals surface area contributed by atoms with Gasteiger partial charge in [0.1, 0.15) is 34.4 Å². The van der Waals surface area contributed by atoms with Crippen molar-refractivity contribution in [1.29, 1.82) is 0 Å². The summed E-state index contributed by atoms with van der Waals surface area (Å²) in [7, 11) is 0. The average molecular weight is 565 g/mol. The highest BCUT2D eigenvalue weighted by Gasteiger charge is 2.17. The summed E-state index contributed by atoms with van der Waals surface area (Å²) in [4.78, 5) is 0. The second-order valence-corrected chi connectivity index (χ2v) is 10.1. The van der Waals surface area contributed by atoms with Gasteiger partial charge in [-0.15, -0.1) is 10.2 Å². The van der Waals surface area contributed by atoms with Crippen molar-refractivity contribution in [3.8, 4) is 23.0 Å². The molecule has 0 aliphatic rings. The Hall–Kier alpha value is -4.58. The first kappa shape index (κ1) is 30.4. The summed E-state index contributed by atoms with van der Waals surface area (Å²) in [5, 5.41) is 31.3. The van der Waals surface area contributed by atoms with Crippen LogP contribution in [0.1, 0.15) is 74.6 Å². The van der Waals surface area contributed by atoms with Crippen molar-refractivity contribution in [2.24, 2.45) is 10.2 Å². The molecule has 4 rings (SSSR count). The normalized spacial score (nSPS) is 11.9. The fourth-order valence-electron chi connectivity index (χ4n) is 4.50. The van der Waals surface area contributed by atoms with Gasteiger partial charge in [-0.3, -0.25) is 0 Å². The zero-order valence-corrected chi connectivity index (χ0v) is 24.5. The standard InChI is InChI=1S/C36H40N2O4/c1-3-5-13-23-41-29-19-21-33(39)31(25-29)35(27-15-9-7-10-16-27)37-38-36(28-17-11-8-12-18-28)32-26-30(20-22-34(32)40)42-24-14-6-4-2/h7-12,15-22,25-26,39-40H,3-6,13-14,23-24H2,1-2H3/b37-35+,38-36+. The van der Waals surface area contributed by atoms with Crippen LogP contribution in [0.25, 0.3) is 0 Å². The molecule has 0 fully saturated rings. The van der Waals surface area contributed by atoms with Gasteiger partial charge in [-0.05, 0) is 49.2 Å². The maximum Gasteiger partial charge on any atom is 0.125 e. The summed E-state index contributed by atoms with van der Waals surface area (Å²) in [5.74, 6) is 1.45. The fourth-order valence-corrected chi connectivity index (χ4v) is 4.50. The van der Waals surface area contributed by atoms with Gasteiger partial charge in [0, 0.05) is 22.3 Å². The first-order chi connectivity index (χ1) is 20.6. The molecule has 4 aromatic carbocycles.